The Kier molecular flexibility index (Phi) is 5.53. The van der Waals surface area contributed by atoms with Crippen LogP contribution in [0.1, 0.15) is 40.4 Å². The molecule has 2 aliphatic rings. The maximum absolute atomic E-state index is 13.0. The molecule has 1 aromatic heterocycles. The summed E-state index contributed by atoms with van der Waals surface area (Å²) in [7, 11) is 1.62. The van der Waals surface area contributed by atoms with E-state index in [4.69, 9.17) is 4.74 Å². The Morgan fingerprint density at radius 3 is 2.38 bits per heavy atom. The number of aryl methyl sites for hydroxylation is 1. The van der Waals surface area contributed by atoms with E-state index in [1.807, 2.05) is 36.4 Å². The monoisotopic (exact) mass is 460 g/mol. The molecule has 3 aromatic rings. The zero-order valence-electron chi connectivity index (χ0n) is 18.6. The van der Waals surface area contributed by atoms with Gasteiger partial charge in [-0.1, -0.05) is 48.5 Å². The van der Waals surface area contributed by atoms with Gasteiger partial charge in [-0.05, 0) is 35.1 Å². The van der Waals surface area contributed by atoms with E-state index in [-0.39, 0.29) is 23.9 Å². The molecule has 1 aliphatic heterocycles. The van der Waals surface area contributed by atoms with Gasteiger partial charge in [0, 0.05) is 25.7 Å². The van der Waals surface area contributed by atoms with Crippen molar-refractivity contribution in [1.82, 2.24) is 14.7 Å². The van der Waals surface area contributed by atoms with Crippen LogP contribution in [-0.4, -0.2) is 57.0 Å². The van der Waals surface area contributed by atoms with E-state index < -0.39 is 24.0 Å². The standard InChI is InChI=1S/C25H24N4O5/c1-28-13-20(22(27-28)23(30)29-12-6-11-21(29)24(31)32)26-25(33)34-14-19-17-9-4-2-7-15(17)16-8-3-5-10-18(16)19/h2-5,7-10,13,19,21H,6,11-12,14H2,1H3,(H,26,33)(H,31,32). The maximum Gasteiger partial charge on any atom is 0.411 e. The number of amides is 2. The average molecular weight is 460 g/mol. The van der Waals surface area contributed by atoms with Crippen LogP contribution in [0.15, 0.2) is 54.7 Å². The maximum atomic E-state index is 13.0. The Balaban J connectivity index is 1.30. The van der Waals surface area contributed by atoms with Crippen LogP contribution in [0.2, 0.25) is 0 Å². The highest BCUT2D eigenvalue weighted by Crippen LogP contribution is 2.44. The molecule has 1 atom stereocenters. The van der Waals surface area contributed by atoms with Gasteiger partial charge in [-0.3, -0.25) is 14.8 Å². The van der Waals surface area contributed by atoms with Crippen molar-refractivity contribution in [2.75, 3.05) is 18.5 Å². The van der Waals surface area contributed by atoms with E-state index in [1.165, 1.54) is 15.8 Å². The number of benzene rings is 2. The van der Waals surface area contributed by atoms with E-state index in [0.717, 1.165) is 22.3 Å². The number of aromatic nitrogens is 2. The van der Waals surface area contributed by atoms with Crippen molar-refractivity contribution >= 4 is 23.7 Å². The predicted molar refractivity (Wildman–Crippen MR) is 124 cm³/mol. The molecular weight excluding hydrogens is 436 g/mol. The summed E-state index contributed by atoms with van der Waals surface area (Å²) in [6.45, 7) is 0.466. The molecule has 0 radical (unpaired) electrons. The normalized spacial score (nSPS) is 16.7. The summed E-state index contributed by atoms with van der Waals surface area (Å²) in [5, 5.41) is 16.2. The van der Waals surface area contributed by atoms with Crippen molar-refractivity contribution in [3.8, 4) is 11.1 Å². The molecule has 2 aromatic carbocycles. The third-order valence-electron chi connectivity index (χ3n) is 6.41. The number of fused-ring (bicyclic) bond motifs is 3. The Bertz CT molecular complexity index is 1240. The van der Waals surface area contributed by atoms with Crippen molar-refractivity contribution in [3.05, 3.63) is 71.5 Å². The first-order valence-electron chi connectivity index (χ1n) is 11.1. The predicted octanol–water partition coefficient (Wildman–Crippen LogP) is 3.47. The molecule has 34 heavy (non-hydrogen) atoms. The average Bonchev–Trinajstić information content (AvgIpc) is 3.53. The van der Waals surface area contributed by atoms with E-state index in [2.05, 4.69) is 22.5 Å². The van der Waals surface area contributed by atoms with Gasteiger partial charge >= 0.3 is 12.1 Å². The Morgan fingerprint density at radius 1 is 1.09 bits per heavy atom. The van der Waals surface area contributed by atoms with Gasteiger partial charge in [0.15, 0.2) is 5.69 Å². The number of carbonyl (C=O) groups excluding carboxylic acids is 2. The number of nitrogens with one attached hydrogen (secondary N) is 1. The second-order valence-electron chi connectivity index (χ2n) is 8.51. The minimum absolute atomic E-state index is 0.0100. The molecule has 2 amide bonds. The van der Waals surface area contributed by atoms with Crippen LogP contribution in [0.25, 0.3) is 11.1 Å². The molecule has 1 aliphatic carbocycles. The van der Waals surface area contributed by atoms with Gasteiger partial charge in [0.05, 0.1) is 5.69 Å². The summed E-state index contributed by atoms with van der Waals surface area (Å²) < 4.78 is 6.97. The first kappa shape index (κ1) is 21.7. The highest BCUT2D eigenvalue weighted by Gasteiger charge is 2.37. The number of anilines is 1. The zero-order valence-corrected chi connectivity index (χ0v) is 18.6. The molecular formula is C25H24N4O5. The van der Waals surface area contributed by atoms with Crippen molar-refractivity contribution in [2.45, 2.75) is 24.8 Å². The molecule has 1 unspecified atom stereocenters. The van der Waals surface area contributed by atoms with Gasteiger partial charge in [-0.25, -0.2) is 9.59 Å². The lowest BCUT2D eigenvalue weighted by molar-refractivity contribution is -0.141. The van der Waals surface area contributed by atoms with Crippen molar-refractivity contribution in [3.63, 3.8) is 0 Å². The number of likely N-dealkylation sites (tertiary alicyclic amines) is 1. The van der Waals surface area contributed by atoms with E-state index in [1.54, 1.807) is 7.05 Å². The van der Waals surface area contributed by atoms with Gasteiger partial charge < -0.3 is 14.7 Å². The zero-order chi connectivity index (χ0) is 23.8. The number of carbonyl (C=O) groups is 3. The molecule has 1 fully saturated rings. The molecule has 174 valence electrons. The number of aliphatic carboxylic acids is 1. The van der Waals surface area contributed by atoms with Crippen LogP contribution in [0, 0.1) is 0 Å². The van der Waals surface area contributed by atoms with Gasteiger partial charge in [0.2, 0.25) is 0 Å². The van der Waals surface area contributed by atoms with Crippen LogP contribution >= 0.6 is 0 Å². The number of carboxylic acids is 1. The number of hydrogen-bond donors (Lipinski definition) is 2. The third kappa shape index (κ3) is 3.79. The summed E-state index contributed by atoms with van der Waals surface area (Å²) in [5.74, 6) is -1.67. The van der Waals surface area contributed by atoms with E-state index in [0.29, 0.717) is 19.4 Å². The third-order valence-corrected chi connectivity index (χ3v) is 6.41. The van der Waals surface area contributed by atoms with Crippen molar-refractivity contribution in [2.24, 2.45) is 7.05 Å². The van der Waals surface area contributed by atoms with E-state index in [9.17, 15) is 19.5 Å². The molecule has 9 heteroatoms. The largest absolute Gasteiger partial charge is 0.480 e. The summed E-state index contributed by atoms with van der Waals surface area (Å²) in [4.78, 5) is 38.5. The highest BCUT2D eigenvalue weighted by atomic mass is 16.5. The van der Waals surface area contributed by atoms with Crippen LogP contribution in [-0.2, 0) is 16.6 Å². The fourth-order valence-electron chi connectivity index (χ4n) is 4.88. The van der Waals surface area contributed by atoms with Crippen LogP contribution < -0.4 is 5.32 Å². The van der Waals surface area contributed by atoms with Crippen molar-refractivity contribution in [1.29, 1.82) is 0 Å². The number of hydrogen-bond acceptors (Lipinski definition) is 5. The minimum atomic E-state index is -1.05. The lowest BCUT2D eigenvalue weighted by Crippen LogP contribution is -2.41. The summed E-state index contributed by atoms with van der Waals surface area (Å²) in [6, 6.07) is 15.2. The van der Waals surface area contributed by atoms with E-state index >= 15 is 0 Å². The van der Waals surface area contributed by atoms with Crippen LogP contribution in [0.5, 0.6) is 0 Å². The lowest BCUT2D eigenvalue weighted by atomic mass is 9.98. The Hall–Kier alpha value is -4.14. The topological polar surface area (TPSA) is 114 Å². The molecule has 2 N–H and O–H groups in total. The fourth-order valence-corrected chi connectivity index (χ4v) is 4.88. The summed E-state index contributed by atoms with van der Waals surface area (Å²) in [5.41, 5.74) is 4.63. The van der Waals surface area contributed by atoms with Crippen molar-refractivity contribution < 1.29 is 24.2 Å². The molecule has 0 bridgehead atoms. The summed E-state index contributed by atoms with van der Waals surface area (Å²) in [6.07, 6.45) is 1.79. The van der Waals surface area contributed by atoms with Gasteiger partial charge in [0.25, 0.3) is 5.91 Å². The minimum Gasteiger partial charge on any atom is -0.480 e. The number of carboxylic acid groups (broad SMARTS) is 1. The quantitative estimate of drug-likeness (QED) is 0.603. The van der Waals surface area contributed by atoms with Crippen LogP contribution in [0.3, 0.4) is 0 Å². The lowest BCUT2D eigenvalue weighted by Gasteiger charge is -2.20. The number of rotatable bonds is 5. The second kappa shape index (κ2) is 8.66. The highest BCUT2D eigenvalue weighted by molar-refractivity contribution is 6.02. The second-order valence-corrected chi connectivity index (χ2v) is 8.51. The number of nitrogens with zero attached hydrogens (tertiary/aromatic N) is 3. The van der Waals surface area contributed by atoms with Crippen LogP contribution in [0.4, 0.5) is 10.5 Å². The Labute approximate surface area is 195 Å². The molecule has 1 saturated heterocycles. The molecule has 0 saturated carbocycles. The molecule has 0 spiro atoms. The molecule has 2 heterocycles. The molecule has 9 nitrogen and oxygen atoms in total. The first-order chi connectivity index (χ1) is 16.4. The van der Waals surface area contributed by atoms with Gasteiger partial charge in [-0.15, -0.1) is 0 Å². The molecule has 5 rings (SSSR count). The first-order valence-corrected chi connectivity index (χ1v) is 11.1. The smallest absolute Gasteiger partial charge is 0.411 e. The van der Waals surface area contributed by atoms with Gasteiger partial charge in [-0.2, -0.15) is 5.10 Å². The number of ether oxygens (including phenoxy) is 1. The SMILES string of the molecule is Cn1cc(NC(=O)OCC2c3ccccc3-c3ccccc32)c(C(=O)N2CCCC2C(=O)O)n1. The Morgan fingerprint density at radius 2 is 1.74 bits per heavy atom. The fraction of sp³-hybridized carbons (Fsp3) is 0.280. The summed E-state index contributed by atoms with van der Waals surface area (Å²) >= 11 is 0. The van der Waals surface area contributed by atoms with Gasteiger partial charge in [0.1, 0.15) is 12.6 Å².